The number of nitrogens with two attached hydrogens (primary N) is 1. The van der Waals surface area contributed by atoms with Crippen LogP contribution in [-0.2, 0) is 20.9 Å². The molecule has 5 amide bonds. The number of carbonyl (C=O) groups excluding carboxylic acids is 4. The van der Waals surface area contributed by atoms with Crippen molar-refractivity contribution in [1.82, 2.24) is 16.0 Å². The first kappa shape index (κ1) is 30.0. The number of amides is 5. The predicted molar refractivity (Wildman–Crippen MR) is 133 cm³/mol. The number of aliphatic hydroxyl groups excluding tert-OH is 1. The van der Waals surface area contributed by atoms with E-state index in [1.54, 1.807) is 46.8 Å². The second-order valence-corrected chi connectivity index (χ2v) is 9.72. The smallest absolute Gasteiger partial charge is 0.408 e. The summed E-state index contributed by atoms with van der Waals surface area (Å²) in [4.78, 5) is 49.2. The van der Waals surface area contributed by atoms with Gasteiger partial charge in [-0.2, -0.15) is 0 Å². The number of primary amides is 1. The van der Waals surface area contributed by atoms with E-state index < -0.39 is 41.6 Å². The maximum Gasteiger partial charge on any atom is 0.408 e. The number of ether oxygens (including phenoxy) is 1. The maximum atomic E-state index is 13.0. The molecule has 0 saturated carbocycles. The molecule has 0 saturated heterocycles. The fourth-order valence-electron chi connectivity index (χ4n) is 3.00. The number of aliphatic hydroxyl groups is 1. The van der Waals surface area contributed by atoms with Crippen LogP contribution in [0.5, 0.6) is 0 Å². The van der Waals surface area contributed by atoms with Crippen LogP contribution < -0.4 is 27.0 Å². The van der Waals surface area contributed by atoms with Crippen molar-refractivity contribution >= 4 is 41.2 Å². The molecule has 12 heteroatoms. The number of anilines is 1. The van der Waals surface area contributed by atoms with E-state index in [-0.39, 0.29) is 30.5 Å². The van der Waals surface area contributed by atoms with Crippen molar-refractivity contribution in [3.63, 3.8) is 0 Å². The summed E-state index contributed by atoms with van der Waals surface area (Å²) in [6, 6.07) is 1.98. The molecule has 7 N–H and O–H groups in total. The van der Waals surface area contributed by atoms with Crippen LogP contribution in [0.4, 0.5) is 15.3 Å². The lowest BCUT2D eigenvalue weighted by Crippen LogP contribution is -2.55. The Labute approximate surface area is 210 Å². The zero-order valence-electron chi connectivity index (χ0n) is 20.7. The number of nitrogens with one attached hydrogen (secondary N) is 4. The lowest BCUT2D eigenvalue weighted by molar-refractivity contribution is -0.128. The Morgan fingerprint density at radius 2 is 1.77 bits per heavy atom. The van der Waals surface area contributed by atoms with Gasteiger partial charge in [0, 0.05) is 17.3 Å². The molecule has 1 aromatic rings. The molecule has 0 fully saturated rings. The van der Waals surface area contributed by atoms with Gasteiger partial charge in [-0.3, -0.25) is 9.59 Å². The van der Waals surface area contributed by atoms with Crippen molar-refractivity contribution in [3.05, 3.63) is 28.8 Å². The summed E-state index contributed by atoms with van der Waals surface area (Å²) < 4.78 is 5.24. The van der Waals surface area contributed by atoms with E-state index in [2.05, 4.69) is 21.3 Å². The molecule has 0 bridgehead atoms. The Bertz CT molecular complexity index is 903. The minimum Gasteiger partial charge on any atom is -0.444 e. The van der Waals surface area contributed by atoms with Gasteiger partial charge < -0.3 is 36.8 Å². The molecule has 11 nitrogen and oxygen atoms in total. The average molecular weight is 514 g/mol. The van der Waals surface area contributed by atoms with Gasteiger partial charge in [0.15, 0.2) is 0 Å². The second kappa shape index (κ2) is 13.7. The molecular formula is C23H36ClN5O6. The van der Waals surface area contributed by atoms with Gasteiger partial charge >= 0.3 is 12.1 Å². The van der Waals surface area contributed by atoms with Gasteiger partial charge in [0.1, 0.15) is 17.7 Å². The van der Waals surface area contributed by atoms with E-state index in [4.69, 9.17) is 22.1 Å². The van der Waals surface area contributed by atoms with Gasteiger partial charge in [0.05, 0.1) is 6.61 Å². The third-order valence-electron chi connectivity index (χ3n) is 4.71. The Kier molecular flexibility index (Phi) is 11.8. The van der Waals surface area contributed by atoms with Crippen molar-refractivity contribution in [2.75, 3.05) is 11.9 Å². The number of hydrogen-bond donors (Lipinski definition) is 6. The number of urea groups is 1. The quantitative estimate of drug-likeness (QED) is 0.247. The van der Waals surface area contributed by atoms with Crippen LogP contribution in [-0.4, -0.2) is 53.3 Å². The van der Waals surface area contributed by atoms with E-state index >= 15 is 0 Å². The molecular weight excluding hydrogens is 478 g/mol. The Morgan fingerprint density at radius 3 is 2.29 bits per heavy atom. The minimum absolute atomic E-state index is 0.178. The van der Waals surface area contributed by atoms with Crippen LogP contribution in [0, 0.1) is 5.92 Å². The van der Waals surface area contributed by atoms with Gasteiger partial charge in [-0.25, -0.2) is 9.59 Å². The SMILES string of the molecule is CC(C)[C@H](NC(=O)OC(C)(C)C)C(=O)N[C@@H](CCCNC(N)=O)C(=O)Nc1ccc(CO)c(Cl)c1. The highest BCUT2D eigenvalue weighted by atomic mass is 35.5. The molecule has 2 atom stereocenters. The van der Waals surface area contributed by atoms with E-state index in [9.17, 15) is 24.3 Å². The first-order valence-electron chi connectivity index (χ1n) is 11.3. The summed E-state index contributed by atoms with van der Waals surface area (Å²) in [6.45, 7) is 8.57. The summed E-state index contributed by atoms with van der Waals surface area (Å²) in [5.74, 6) is -1.39. The van der Waals surface area contributed by atoms with Gasteiger partial charge in [0.2, 0.25) is 11.8 Å². The number of benzene rings is 1. The van der Waals surface area contributed by atoms with E-state index in [0.717, 1.165) is 0 Å². The number of hydrogen-bond acceptors (Lipinski definition) is 6. The highest BCUT2D eigenvalue weighted by Gasteiger charge is 2.30. The van der Waals surface area contributed by atoms with Crippen molar-refractivity contribution in [1.29, 1.82) is 0 Å². The molecule has 196 valence electrons. The van der Waals surface area contributed by atoms with Crippen molar-refractivity contribution in [3.8, 4) is 0 Å². The van der Waals surface area contributed by atoms with Crippen LogP contribution in [0.3, 0.4) is 0 Å². The molecule has 35 heavy (non-hydrogen) atoms. The standard InChI is InChI=1S/C23H36ClN5O6/c1-13(2)18(29-22(34)35-23(3,4)5)20(32)28-17(7-6-10-26-21(25)33)19(31)27-15-9-8-14(12-30)16(24)11-15/h8-9,11,13,17-18,30H,6-7,10,12H2,1-5H3,(H,27,31)(H,28,32)(H,29,34)(H3,25,26,33)/t17-,18-/m0/s1. The third kappa shape index (κ3) is 11.3. The number of halogens is 1. The highest BCUT2D eigenvalue weighted by Crippen LogP contribution is 2.21. The van der Waals surface area contributed by atoms with Crippen LogP contribution in [0.15, 0.2) is 18.2 Å². The molecule has 0 aliphatic heterocycles. The van der Waals surface area contributed by atoms with Crippen LogP contribution in [0.2, 0.25) is 5.02 Å². The van der Waals surface area contributed by atoms with Gasteiger partial charge in [-0.1, -0.05) is 31.5 Å². The summed E-state index contributed by atoms with van der Waals surface area (Å²) >= 11 is 6.09. The molecule has 1 rings (SSSR count). The molecule has 0 heterocycles. The zero-order chi connectivity index (χ0) is 26.8. The molecule has 0 radical (unpaired) electrons. The lowest BCUT2D eigenvalue weighted by Gasteiger charge is -2.27. The molecule has 0 spiro atoms. The molecule has 0 aromatic heterocycles. The Hall–Kier alpha value is -3.05. The van der Waals surface area contributed by atoms with E-state index in [0.29, 0.717) is 17.7 Å². The lowest BCUT2D eigenvalue weighted by atomic mass is 10.0. The predicted octanol–water partition coefficient (Wildman–Crippen LogP) is 2.25. The van der Waals surface area contributed by atoms with Crippen molar-refractivity contribution in [2.45, 2.75) is 71.8 Å². The van der Waals surface area contributed by atoms with Crippen molar-refractivity contribution < 1.29 is 29.0 Å². The largest absolute Gasteiger partial charge is 0.444 e. The van der Waals surface area contributed by atoms with Crippen LogP contribution >= 0.6 is 11.6 Å². The number of carbonyl (C=O) groups is 4. The van der Waals surface area contributed by atoms with E-state index in [1.165, 1.54) is 6.07 Å². The third-order valence-corrected chi connectivity index (χ3v) is 5.07. The normalized spacial score (nSPS) is 12.9. The Morgan fingerprint density at radius 1 is 1.11 bits per heavy atom. The zero-order valence-corrected chi connectivity index (χ0v) is 21.5. The maximum absolute atomic E-state index is 13.0. The minimum atomic E-state index is -0.991. The molecule has 0 unspecified atom stereocenters. The summed E-state index contributed by atoms with van der Waals surface area (Å²) in [5, 5.41) is 19.9. The van der Waals surface area contributed by atoms with Gasteiger partial charge in [-0.15, -0.1) is 0 Å². The second-order valence-electron chi connectivity index (χ2n) is 9.32. The monoisotopic (exact) mass is 513 g/mol. The van der Waals surface area contributed by atoms with Crippen LogP contribution in [0.1, 0.15) is 53.0 Å². The fraction of sp³-hybridized carbons (Fsp3) is 0.565. The van der Waals surface area contributed by atoms with E-state index in [1.807, 2.05) is 0 Å². The first-order chi connectivity index (χ1) is 16.2. The van der Waals surface area contributed by atoms with Crippen molar-refractivity contribution in [2.24, 2.45) is 11.7 Å². The first-order valence-corrected chi connectivity index (χ1v) is 11.6. The average Bonchev–Trinajstić information content (AvgIpc) is 2.72. The molecule has 0 aliphatic rings. The number of alkyl carbamates (subject to hydrolysis) is 1. The van der Waals surface area contributed by atoms with Crippen LogP contribution in [0.25, 0.3) is 0 Å². The Balaban J connectivity index is 2.98. The fourth-order valence-corrected chi connectivity index (χ4v) is 3.24. The topological polar surface area (TPSA) is 172 Å². The molecule has 0 aliphatic carbocycles. The highest BCUT2D eigenvalue weighted by molar-refractivity contribution is 6.31. The molecule has 1 aromatic carbocycles. The van der Waals surface area contributed by atoms with Gasteiger partial charge in [0.25, 0.3) is 0 Å². The summed E-state index contributed by atoms with van der Waals surface area (Å²) in [7, 11) is 0. The summed E-state index contributed by atoms with van der Waals surface area (Å²) in [5.41, 5.74) is 5.20. The van der Waals surface area contributed by atoms with Gasteiger partial charge in [-0.05, 0) is 57.2 Å². The summed E-state index contributed by atoms with van der Waals surface area (Å²) in [6.07, 6.45) is -0.230. The number of rotatable bonds is 11.